The lowest BCUT2D eigenvalue weighted by Crippen LogP contribution is -2.22. The first-order valence-electron chi connectivity index (χ1n) is 4.84. The van der Waals surface area contributed by atoms with Crippen LogP contribution in [0.3, 0.4) is 0 Å². The number of ether oxygens (including phenoxy) is 2. The first-order valence-corrected chi connectivity index (χ1v) is 4.84. The van der Waals surface area contributed by atoms with Crippen molar-refractivity contribution in [3.63, 3.8) is 0 Å². The van der Waals surface area contributed by atoms with Crippen molar-refractivity contribution in [3.8, 4) is 11.5 Å². The fourth-order valence-corrected chi connectivity index (χ4v) is 1.48. The Labute approximate surface area is 97.9 Å². The lowest BCUT2D eigenvalue weighted by molar-refractivity contribution is -0.138. The summed E-state index contributed by atoms with van der Waals surface area (Å²) in [5.74, 6) is -0.579. The van der Waals surface area contributed by atoms with E-state index in [9.17, 15) is 9.18 Å². The van der Waals surface area contributed by atoms with Crippen molar-refractivity contribution in [2.45, 2.75) is 12.7 Å². The molecule has 1 rings (SSSR count). The molecule has 5 nitrogen and oxygen atoms in total. The summed E-state index contributed by atoms with van der Waals surface area (Å²) >= 11 is 0. The Morgan fingerprint density at radius 2 is 1.94 bits per heavy atom. The van der Waals surface area contributed by atoms with Crippen LogP contribution in [0.25, 0.3) is 0 Å². The first-order chi connectivity index (χ1) is 8.04. The summed E-state index contributed by atoms with van der Waals surface area (Å²) in [6.07, 6.45) is 0. The molecule has 94 valence electrons. The van der Waals surface area contributed by atoms with Gasteiger partial charge in [0.1, 0.15) is 12.7 Å². The van der Waals surface area contributed by atoms with E-state index in [0.717, 1.165) is 0 Å². The van der Waals surface area contributed by atoms with Crippen molar-refractivity contribution in [1.82, 2.24) is 0 Å². The SMILES string of the molecule is COc1cc(CF)c(C(N)C(=O)O)cc1OC. The lowest BCUT2D eigenvalue weighted by Gasteiger charge is -2.15. The highest BCUT2D eigenvalue weighted by atomic mass is 19.1. The molecule has 3 N–H and O–H groups in total. The molecule has 1 aromatic carbocycles. The number of rotatable bonds is 5. The molecule has 0 aliphatic rings. The number of nitrogens with two attached hydrogens (primary N) is 1. The molecule has 0 aliphatic carbocycles. The van der Waals surface area contributed by atoms with Crippen molar-refractivity contribution < 1.29 is 23.8 Å². The van der Waals surface area contributed by atoms with E-state index in [0.29, 0.717) is 11.5 Å². The smallest absolute Gasteiger partial charge is 0.325 e. The van der Waals surface area contributed by atoms with E-state index in [1.165, 1.54) is 26.4 Å². The number of carbonyl (C=O) groups is 1. The molecule has 0 aromatic heterocycles. The lowest BCUT2D eigenvalue weighted by atomic mass is 10.0. The number of alkyl halides is 1. The molecule has 0 aliphatic heterocycles. The third kappa shape index (κ3) is 2.65. The third-order valence-electron chi connectivity index (χ3n) is 2.39. The minimum atomic E-state index is -1.29. The maximum absolute atomic E-state index is 12.8. The number of benzene rings is 1. The second kappa shape index (κ2) is 5.49. The number of aliphatic carboxylic acids is 1. The molecule has 0 spiro atoms. The van der Waals surface area contributed by atoms with Gasteiger partial charge in [0.25, 0.3) is 0 Å². The molecule has 0 amide bonds. The van der Waals surface area contributed by atoms with Gasteiger partial charge in [0.15, 0.2) is 11.5 Å². The van der Waals surface area contributed by atoms with Gasteiger partial charge >= 0.3 is 5.97 Å². The van der Waals surface area contributed by atoms with Crippen LogP contribution in [0.15, 0.2) is 12.1 Å². The van der Waals surface area contributed by atoms with E-state index in [4.69, 9.17) is 20.3 Å². The van der Waals surface area contributed by atoms with Crippen LogP contribution in [0.5, 0.6) is 11.5 Å². The van der Waals surface area contributed by atoms with Crippen molar-refractivity contribution in [2.75, 3.05) is 14.2 Å². The summed E-state index contributed by atoms with van der Waals surface area (Å²) < 4.78 is 22.8. The zero-order chi connectivity index (χ0) is 13.0. The van der Waals surface area contributed by atoms with Crippen LogP contribution in [0.4, 0.5) is 4.39 Å². The van der Waals surface area contributed by atoms with E-state index < -0.39 is 18.7 Å². The van der Waals surface area contributed by atoms with Crippen LogP contribution in [-0.2, 0) is 11.5 Å². The highest BCUT2D eigenvalue weighted by Crippen LogP contribution is 2.33. The molecule has 0 saturated carbocycles. The van der Waals surface area contributed by atoms with Gasteiger partial charge in [0.05, 0.1) is 14.2 Å². The van der Waals surface area contributed by atoms with Crippen LogP contribution >= 0.6 is 0 Å². The Morgan fingerprint density at radius 1 is 1.41 bits per heavy atom. The standard InChI is InChI=1S/C11H14FNO4/c1-16-8-3-6(5-12)7(4-9(8)17-2)10(13)11(14)15/h3-4,10H,5,13H2,1-2H3,(H,14,15). The average Bonchev–Trinajstić information content (AvgIpc) is 2.35. The van der Waals surface area contributed by atoms with E-state index in [1.807, 2.05) is 0 Å². The van der Waals surface area contributed by atoms with Crippen LogP contribution in [0.2, 0.25) is 0 Å². The van der Waals surface area contributed by atoms with E-state index in [2.05, 4.69) is 0 Å². The number of methoxy groups -OCH3 is 2. The topological polar surface area (TPSA) is 81.8 Å². The second-order valence-corrected chi connectivity index (χ2v) is 3.36. The van der Waals surface area contributed by atoms with Gasteiger partial charge in [-0.1, -0.05) is 0 Å². The van der Waals surface area contributed by atoms with Crippen LogP contribution < -0.4 is 15.2 Å². The maximum atomic E-state index is 12.8. The summed E-state index contributed by atoms with van der Waals surface area (Å²) in [4.78, 5) is 10.8. The maximum Gasteiger partial charge on any atom is 0.325 e. The molecule has 1 aromatic rings. The van der Waals surface area contributed by atoms with Crippen molar-refractivity contribution in [1.29, 1.82) is 0 Å². The normalized spacial score (nSPS) is 12.0. The molecule has 0 saturated heterocycles. The highest BCUT2D eigenvalue weighted by Gasteiger charge is 2.21. The summed E-state index contributed by atoms with van der Waals surface area (Å²) in [6.45, 7) is -0.823. The van der Waals surface area contributed by atoms with Gasteiger partial charge in [0, 0.05) is 0 Å². The zero-order valence-electron chi connectivity index (χ0n) is 9.57. The number of halogens is 1. The molecular formula is C11H14FNO4. The molecule has 1 atom stereocenters. The number of carboxylic acids is 1. The van der Waals surface area contributed by atoms with Crippen molar-refractivity contribution in [3.05, 3.63) is 23.3 Å². The van der Waals surface area contributed by atoms with Crippen LogP contribution in [-0.4, -0.2) is 25.3 Å². The fourth-order valence-electron chi connectivity index (χ4n) is 1.48. The summed E-state index contributed by atoms with van der Waals surface area (Å²) in [5, 5.41) is 8.83. The number of hydrogen-bond acceptors (Lipinski definition) is 4. The molecule has 0 heterocycles. The molecule has 0 bridgehead atoms. The van der Waals surface area contributed by atoms with Gasteiger partial charge in [0.2, 0.25) is 0 Å². The minimum Gasteiger partial charge on any atom is -0.493 e. The molecule has 1 unspecified atom stereocenters. The van der Waals surface area contributed by atoms with Gasteiger partial charge in [-0.25, -0.2) is 4.39 Å². The van der Waals surface area contributed by atoms with Gasteiger partial charge < -0.3 is 20.3 Å². The monoisotopic (exact) mass is 243 g/mol. The van der Waals surface area contributed by atoms with Gasteiger partial charge in [-0.15, -0.1) is 0 Å². The Bertz CT molecular complexity index is 422. The first kappa shape index (κ1) is 13.2. The number of carboxylic acid groups (broad SMARTS) is 1. The molecule has 0 fully saturated rings. The Morgan fingerprint density at radius 3 is 2.35 bits per heavy atom. The van der Waals surface area contributed by atoms with Crippen LogP contribution in [0, 0.1) is 0 Å². The van der Waals surface area contributed by atoms with Gasteiger partial charge in [-0.05, 0) is 23.3 Å². The fraction of sp³-hybridized carbons (Fsp3) is 0.364. The molecule has 17 heavy (non-hydrogen) atoms. The number of hydrogen-bond donors (Lipinski definition) is 2. The average molecular weight is 243 g/mol. The molecule has 6 heteroatoms. The summed E-state index contributed by atoms with van der Waals surface area (Å²) in [7, 11) is 2.82. The second-order valence-electron chi connectivity index (χ2n) is 3.36. The molecular weight excluding hydrogens is 229 g/mol. The summed E-state index contributed by atoms with van der Waals surface area (Å²) in [6, 6.07) is 1.48. The van der Waals surface area contributed by atoms with E-state index >= 15 is 0 Å². The molecule has 0 radical (unpaired) electrons. The Kier molecular flexibility index (Phi) is 4.28. The van der Waals surface area contributed by atoms with Crippen molar-refractivity contribution >= 4 is 5.97 Å². The zero-order valence-corrected chi connectivity index (χ0v) is 9.57. The minimum absolute atomic E-state index is 0.178. The third-order valence-corrected chi connectivity index (χ3v) is 2.39. The van der Waals surface area contributed by atoms with Crippen LogP contribution in [0.1, 0.15) is 17.2 Å². The Hall–Kier alpha value is -1.82. The highest BCUT2D eigenvalue weighted by molar-refractivity contribution is 5.76. The van der Waals surface area contributed by atoms with Gasteiger partial charge in [-0.3, -0.25) is 4.79 Å². The predicted octanol–water partition coefficient (Wildman–Crippen LogP) is 1.26. The van der Waals surface area contributed by atoms with E-state index in [1.54, 1.807) is 0 Å². The van der Waals surface area contributed by atoms with E-state index in [-0.39, 0.29) is 11.1 Å². The Balaban J connectivity index is 3.33. The van der Waals surface area contributed by atoms with Gasteiger partial charge in [-0.2, -0.15) is 0 Å². The largest absolute Gasteiger partial charge is 0.493 e. The predicted molar refractivity (Wildman–Crippen MR) is 58.9 cm³/mol. The quantitative estimate of drug-likeness (QED) is 0.813. The summed E-state index contributed by atoms with van der Waals surface area (Å²) in [5.41, 5.74) is 5.82. The van der Waals surface area contributed by atoms with Crippen molar-refractivity contribution in [2.24, 2.45) is 5.73 Å².